The van der Waals surface area contributed by atoms with Crippen molar-refractivity contribution in [1.29, 1.82) is 0 Å². The number of methoxy groups -OCH3 is 2. The van der Waals surface area contributed by atoms with Crippen LogP contribution in [0.25, 0.3) is 11.1 Å². The molecule has 27 heavy (non-hydrogen) atoms. The number of anilines is 1. The van der Waals surface area contributed by atoms with Crippen LogP contribution in [0.1, 0.15) is 20.8 Å². The molecule has 0 aliphatic heterocycles. The van der Waals surface area contributed by atoms with Crippen LogP contribution in [0.4, 0.5) is 5.69 Å². The Labute approximate surface area is 159 Å². The van der Waals surface area contributed by atoms with Crippen molar-refractivity contribution in [2.45, 2.75) is 26.8 Å². The van der Waals surface area contributed by atoms with Gasteiger partial charge in [0.2, 0.25) is 11.8 Å². The molecule has 0 unspecified atom stereocenters. The predicted molar refractivity (Wildman–Crippen MR) is 106 cm³/mol. The first-order valence-electron chi connectivity index (χ1n) is 8.76. The maximum Gasteiger partial charge on any atom is 0.247 e. The summed E-state index contributed by atoms with van der Waals surface area (Å²) in [6.07, 6.45) is 0. The number of amides is 2. The third-order valence-electron chi connectivity index (χ3n) is 4.18. The van der Waals surface area contributed by atoms with Crippen LogP contribution in [-0.2, 0) is 9.59 Å². The van der Waals surface area contributed by atoms with Crippen LogP contribution in [-0.4, -0.2) is 32.1 Å². The summed E-state index contributed by atoms with van der Waals surface area (Å²) < 4.78 is 10.6. The van der Waals surface area contributed by atoms with E-state index in [1.165, 1.54) is 6.92 Å². The molecule has 2 aromatic rings. The van der Waals surface area contributed by atoms with Crippen LogP contribution in [0.5, 0.6) is 11.5 Å². The fraction of sp³-hybridized carbons (Fsp3) is 0.333. The van der Waals surface area contributed by atoms with Gasteiger partial charge in [0.05, 0.1) is 14.2 Å². The molecule has 2 aromatic carbocycles. The number of carbonyl (C=O) groups excluding carboxylic acids is 2. The second-order valence-corrected chi connectivity index (χ2v) is 6.56. The minimum Gasteiger partial charge on any atom is -0.497 e. The van der Waals surface area contributed by atoms with E-state index in [2.05, 4.69) is 10.6 Å². The number of hydrogen-bond acceptors (Lipinski definition) is 4. The normalized spacial score (nSPS) is 11.6. The maximum atomic E-state index is 12.6. The summed E-state index contributed by atoms with van der Waals surface area (Å²) in [4.78, 5) is 24.0. The van der Waals surface area contributed by atoms with Gasteiger partial charge in [0, 0.05) is 18.2 Å². The second-order valence-electron chi connectivity index (χ2n) is 6.56. The highest BCUT2D eigenvalue weighted by molar-refractivity contribution is 5.97. The number of nitrogens with one attached hydrogen (secondary N) is 2. The molecule has 6 heteroatoms. The van der Waals surface area contributed by atoms with Crippen LogP contribution < -0.4 is 20.1 Å². The van der Waals surface area contributed by atoms with Gasteiger partial charge in [-0.25, -0.2) is 0 Å². The highest BCUT2D eigenvalue weighted by Crippen LogP contribution is 2.33. The van der Waals surface area contributed by atoms with Gasteiger partial charge in [-0.1, -0.05) is 26.0 Å². The van der Waals surface area contributed by atoms with E-state index >= 15 is 0 Å². The molecule has 0 heterocycles. The SMILES string of the molecule is COc1ccc(-c2cc(NC(=O)[C@@H](NC(C)=O)C(C)C)ccc2OC)cc1. The lowest BCUT2D eigenvalue weighted by Gasteiger charge is -2.21. The smallest absolute Gasteiger partial charge is 0.247 e. The first kappa shape index (κ1) is 20.3. The third kappa shape index (κ3) is 5.23. The Hall–Kier alpha value is -3.02. The number of carbonyl (C=O) groups is 2. The van der Waals surface area contributed by atoms with E-state index < -0.39 is 6.04 Å². The zero-order valence-electron chi connectivity index (χ0n) is 16.3. The van der Waals surface area contributed by atoms with Crippen molar-refractivity contribution in [3.63, 3.8) is 0 Å². The summed E-state index contributed by atoms with van der Waals surface area (Å²) in [7, 11) is 3.22. The zero-order valence-corrected chi connectivity index (χ0v) is 16.3. The highest BCUT2D eigenvalue weighted by atomic mass is 16.5. The Morgan fingerprint density at radius 1 is 0.963 bits per heavy atom. The molecule has 144 valence electrons. The van der Waals surface area contributed by atoms with Crippen LogP contribution >= 0.6 is 0 Å². The minimum absolute atomic E-state index is 0.0341. The van der Waals surface area contributed by atoms with Crippen LogP contribution in [0.2, 0.25) is 0 Å². The van der Waals surface area contributed by atoms with Crippen LogP contribution in [0.3, 0.4) is 0 Å². The molecule has 2 N–H and O–H groups in total. The molecular weight excluding hydrogens is 344 g/mol. The van der Waals surface area contributed by atoms with Gasteiger partial charge in [0.15, 0.2) is 0 Å². The fourth-order valence-electron chi connectivity index (χ4n) is 2.76. The lowest BCUT2D eigenvalue weighted by atomic mass is 10.0. The zero-order chi connectivity index (χ0) is 20.0. The topological polar surface area (TPSA) is 76.7 Å². The lowest BCUT2D eigenvalue weighted by molar-refractivity contribution is -0.126. The summed E-state index contributed by atoms with van der Waals surface area (Å²) in [6.45, 7) is 5.17. The van der Waals surface area contributed by atoms with Gasteiger partial charge >= 0.3 is 0 Å². The van der Waals surface area contributed by atoms with Gasteiger partial charge in [0.25, 0.3) is 0 Å². The van der Waals surface area contributed by atoms with E-state index in [1.54, 1.807) is 26.4 Å². The second kappa shape index (κ2) is 9.07. The largest absolute Gasteiger partial charge is 0.497 e. The molecule has 0 aliphatic carbocycles. The van der Waals surface area contributed by atoms with Crippen molar-refractivity contribution < 1.29 is 19.1 Å². The summed E-state index contributed by atoms with van der Waals surface area (Å²) in [5.41, 5.74) is 2.41. The molecule has 1 atom stereocenters. The van der Waals surface area contributed by atoms with E-state index in [4.69, 9.17) is 9.47 Å². The van der Waals surface area contributed by atoms with Crippen molar-refractivity contribution in [1.82, 2.24) is 5.32 Å². The Morgan fingerprint density at radius 2 is 1.63 bits per heavy atom. The van der Waals surface area contributed by atoms with Crippen molar-refractivity contribution in [2.75, 3.05) is 19.5 Å². The molecule has 0 saturated carbocycles. The molecule has 0 fully saturated rings. The Bertz CT molecular complexity index is 800. The standard InChI is InChI=1S/C21H26N2O4/c1-13(2)20(22-14(3)24)21(25)23-16-8-11-19(27-5)18(12-16)15-6-9-17(26-4)10-7-15/h6-13,20H,1-5H3,(H,22,24)(H,23,25)/t20-/m0/s1. The van der Waals surface area contributed by atoms with Gasteiger partial charge in [-0.15, -0.1) is 0 Å². The summed E-state index contributed by atoms with van der Waals surface area (Å²) in [6, 6.07) is 12.4. The maximum absolute atomic E-state index is 12.6. The first-order valence-corrected chi connectivity index (χ1v) is 8.76. The molecule has 0 aliphatic rings. The number of rotatable bonds is 7. The van der Waals surface area contributed by atoms with Crippen molar-refractivity contribution >= 4 is 17.5 Å². The molecule has 0 bridgehead atoms. The molecule has 6 nitrogen and oxygen atoms in total. The summed E-state index contributed by atoms with van der Waals surface area (Å²) in [5, 5.41) is 5.57. The van der Waals surface area contributed by atoms with Crippen molar-refractivity contribution in [3.05, 3.63) is 42.5 Å². The van der Waals surface area contributed by atoms with E-state index in [9.17, 15) is 9.59 Å². The molecule has 0 radical (unpaired) electrons. The first-order chi connectivity index (χ1) is 12.8. The van der Waals surface area contributed by atoms with Gasteiger partial charge in [-0.05, 0) is 41.8 Å². The van der Waals surface area contributed by atoms with Gasteiger partial charge in [-0.3, -0.25) is 9.59 Å². The molecule has 0 spiro atoms. The molecule has 0 aromatic heterocycles. The van der Waals surface area contributed by atoms with Gasteiger partial charge in [0.1, 0.15) is 17.5 Å². The molecule has 2 amide bonds. The monoisotopic (exact) mass is 370 g/mol. The molecule has 2 rings (SSSR count). The average molecular weight is 370 g/mol. The fourth-order valence-corrected chi connectivity index (χ4v) is 2.76. The minimum atomic E-state index is -0.603. The Balaban J connectivity index is 2.30. The van der Waals surface area contributed by atoms with Crippen molar-refractivity contribution in [2.24, 2.45) is 5.92 Å². The highest BCUT2D eigenvalue weighted by Gasteiger charge is 2.23. The average Bonchev–Trinajstić information content (AvgIpc) is 2.65. The van der Waals surface area contributed by atoms with Crippen molar-refractivity contribution in [3.8, 4) is 22.6 Å². The van der Waals surface area contributed by atoms with Crippen LogP contribution in [0.15, 0.2) is 42.5 Å². The molecule has 0 saturated heterocycles. The number of hydrogen-bond donors (Lipinski definition) is 2. The van der Waals surface area contributed by atoms with E-state index in [-0.39, 0.29) is 17.7 Å². The Morgan fingerprint density at radius 3 is 2.15 bits per heavy atom. The Kier molecular flexibility index (Phi) is 6.82. The van der Waals surface area contributed by atoms with Crippen LogP contribution in [0, 0.1) is 5.92 Å². The summed E-state index contributed by atoms with van der Waals surface area (Å²) >= 11 is 0. The van der Waals surface area contributed by atoms with E-state index in [1.807, 2.05) is 44.2 Å². The lowest BCUT2D eigenvalue weighted by Crippen LogP contribution is -2.46. The summed E-state index contributed by atoms with van der Waals surface area (Å²) in [5.74, 6) is 0.925. The predicted octanol–water partition coefficient (Wildman–Crippen LogP) is 3.47. The van der Waals surface area contributed by atoms with Gasteiger partial charge in [-0.2, -0.15) is 0 Å². The van der Waals surface area contributed by atoms with Gasteiger partial charge < -0.3 is 20.1 Å². The number of ether oxygens (including phenoxy) is 2. The van der Waals surface area contributed by atoms with E-state index in [0.717, 1.165) is 16.9 Å². The quantitative estimate of drug-likeness (QED) is 0.782. The van der Waals surface area contributed by atoms with E-state index in [0.29, 0.717) is 11.4 Å². The number of benzene rings is 2. The molecular formula is C21H26N2O4. The third-order valence-corrected chi connectivity index (χ3v) is 4.18.